The lowest BCUT2D eigenvalue weighted by Gasteiger charge is -2.28. The van der Waals surface area contributed by atoms with Crippen molar-refractivity contribution in [2.45, 2.75) is 31.5 Å². The zero-order valence-corrected chi connectivity index (χ0v) is 11.7. The van der Waals surface area contributed by atoms with Crippen molar-refractivity contribution in [3.05, 3.63) is 35.9 Å². The molecule has 1 atom stereocenters. The van der Waals surface area contributed by atoms with Crippen LogP contribution in [-0.2, 0) is 10.3 Å². The van der Waals surface area contributed by atoms with Crippen LogP contribution >= 0.6 is 15.9 Å². The second kappa shape index (κ2) is 6.57. The van der Waals surface area contributed by atoms with E-state index in [9.17, 15) is 13.2 Å². The molecule has 0 aromatic heterocycles. The van der Waals surface area contributed by atoms with Gasteiger partial charge in [0.2, 0.25) is 0 Å². The first-order valence-corrected chi connectivity index (χ1v) is 6.82. The second-order valence-corrected chi connectivity index (χ2v) is 4.86. The van der Waals surface area contributed by atoms with Gasteiger partial charge in [-0.05, 0) is 18.9 Å². The molecule has 102 valence electrons. The van der Waals surface area contributed by atoms with Gasteiger partial charge in [-0.15, -0.1) is 0 Å². The number of benzene rings is 1. The Kier molecular flexibility index (Phi) is 5.66. The summed E-state index contributed by atoms with van der Waals surface area (Å²) < 4.78 is 41.7. The summed E-state index contributed by atoms with van der Waals surface area (Å²) in [5, 5.41) is 0.538. The van der Waals surface area contributed by atoms with Gasteiger partial charge >= 0.3 is 6.18 Å². The molecule has 0 N–H and O–H groups in total. The largest absolute Gasteiger partial charge is 0.389 e. The van der Waals surface area contributed by atoms with E-state index in [0.717, 1.165) is 5.56 Å². The van der Waals surface area contributed by atoms with E-state index < -0.39 is 18.2 Å². The molecular formula is C13H16BrF3O. The molecule has 1 aromatic rings. The number of hydrogen-bond donors (Lipinski definition) is 0. The van der Waals surface area contributed by atoms with Crippen LogP contribution in [-0.4, -0.2) is 18.1 Å². The van der Waals surface area contributed by atoms with Gasteiger partial charge in [0.1, 0.15) is 0 Å². The maximum absolute atomic E-state index is 12.0. The van der Waals surface area contributed by atoms with Crippen molar-refractivity contribution in [1.82, 2.24) is 0 Å². The molecule has 1 nitrogen and oxygen atoms in total. The average molecular weight is 325 g/mol. The smallest absolute Gasteiger partial charge is 0.370 e. The number of halogens is 4. The summed E-state index contributed by atoms with van der Waals surface area (Å²) in [7, 11) is 0. The summed E-state index contributed by atoms with van der Waals surface area (Å²) in [4.78, 5) is 0. The van der Waals surface area contributed by atoms with E-state index >= 15 is 0 Å². The Morgan fingerprint density at radius 2 is 1.78 bits per heavy atom. The van der Waals surface area contributed by atoms with Crippen LogP contribution in [0, 0.1) is 0 Å². The molecular weight excluding hydrogens is 309 g/mol. The third kappa shape index (κ3) is 4.98. The fourth-order valence-electron chi connectivity index (χ4n) is 1.56. The van der Waals surface area contributed by atoms with E-state index in [1.165, 1.54) is 0 Å². The number of alkyl halides is 4. The Morgan fingerprint density at radius 1 is 1.17 bits per heavy atom. The minimum absolute atomic E-state index is 0.0150. The molecule has 1 rings (SSSR count). The predicted octanol–water partition coefficient (Wildman–Crippen LogP) is 4.66. The van der Waals surface area contributed by atoms with Gasteiger partial charge in [0.05, 0.1) is 5.60 Å². The third-order valence-corrected chi connectivity index (χ3v) is 3.73. The lowest BCUT2D eigenvalue weighted by Crippen LogP contribution is -2.28. The monoisotopic (exact) mass is 324 g/mol. The van der Waals surface area contributed by atoms with Gasteiger partial charge in [-0.2, -0.15) is 13.2 Å². The first-order chi connectivity index (χ1) is 8.37. The summed E-state index contributed by atoms with van der Waals surface area (Å²) in [5.74, 6) is 0. The minimum atomic E-state index is -4.11. The molecule has 1 aromatic carbocycles. The average Bonchev–Trinajstić information content (AvgIpc) is 2.34. The Bertz CT molecular complexity index is 353. The highest BCUT2D eigenvalue weighted by Gasteiger charge is 2.29. The number of rotatable bonds is 6. The van der Waals surface area contributed by atoms with Crippen molar-refractivity contribution in [3.8, 4) is 0 Å². The first kappa shape index (κ1) is 15.5. The van der Waals surface area contributed by atoms with Crippen molar-refractivity contribution < 1.29 is 17.9 Å². The molecule has 18 heavy (non-hydrogen) atoms. The van der Waals surface area contributed by atoms with Gasteiger partial charge in [-0.3, -0.25) is 0 Å². The van der Waals surface area contributed by atoms with Gasteiger partial charge in [0.25, 0.3) is 0 Å². The summed E-state index contributed by atoms with van der Waals surface area (Å²) in [5.41, 5.74) is 0.362. The summed E-state index contributed by atoms with van der Waals surface area (Å²) in [6, 6.07) is 9.47. The van der Waals surface area contributed by atoms with E-state index in [1.807, 2.05) is 37.3 Å². The second-order valence-electron chi connectivity index (χ2n) is 4.30. The van der Waals surface area contributed by atoms with Crippen LogP contribution in [0.3, 0.4) is 0 Å². The van der Waals surface area contributed by atoms with Gasteiger partial charge in [-0.25, -0.2) is 0 Å². The van der Waals surface area contributed by atoms with E-state index in [1.54, 1.807) is 0 Å². The lowest BCUT2D eigenvalue weighted by molar-refractivity contribution is -0.141. The summed E-state index contributed by atoms with van der Waals surface area (Å²) in [6.45, 7) is 1.96. The predicted molar refractivity (Wildman–Crippen MR) is 68.8 cm³/mol. The molecule has 0 aliphatic heterocycles. The molecule has 0 spiro atoms. The molecule has 0 aliphatic rings. The molecule has 0 bridgehead atoms. The SMILES string of the molecule is CC(CBr)(OCCCC(F)(F)F)c1ccccc1. The van der Waals surface area contributed by atoms with Crippen LogP contribution in [0.2, 0.25) is 0 Å². The van der Waals surface area contributed by atoms with Crippen LogP contribution in [0.4, 0.5) is 13.2 Å². The van der Waals surface area contributed by atoms with E-state index in [4.69, 9.17) is 4.74 Å². The van der Waals surface area contributed by atoms with Crippen LogP contribution in [0.1, 0.15) is 25.3 Å². The molecule has 5 heteroatoms. The Hall–Kier alpha value is -0.550. The van der Waals surface area contributed by atoms with Crippen LogP contribution in [0.25, 0.3) is 0 Å². The molecule has 0 aliphatic carbocycles. The Labute approximate surface area is 113 Å². The maximum Gasteiger partial charge on any atom is 0.389 e. The normalized spacial score (nSPS) is 15.4. The van der Waals surface area contributed by atoms with Crippen molar-refractivity contribution in [3.63, 3.8) is 0 Å². The minimum Gasteiger partial charge on any atom is -0.370 e. The van der Waals surface area contributed by atoms with Crippen molar-refractivity contribution in [2.75, 3.05) is 11.9 Å². The number of hydrogen-bond acceptors (Lipinski definition) is 1. The standard InChI is InChI=1S/C13H16BrF3O/c1-12(10-14,11-6-3-2-4-7-11)18-9-5-8-13(15,16)17/h2-4,6-7H,5,8-10H2,1H3. The van der Waals surface area contributed by atoms with E-state index in [0.29, 0.717) is 5.33 Å². The molecule has 0 saturated heterocycles. The van der Waals surface area contributed by atoms with E-state index in [2.05, 4.69) is 15.9 Å². The van der Waals surface area contributed by atoms with E-state index in [-0.39, 0.29) is 13.0 Å². The van der Waals surface area contributed by atoms with Crippen LogP contribution in [0.15, 0.2) is 30.3 Å². The highest BCUT2D eigenvalue weighted by molar-refractivity contribution is 9.09. The topological polar surface area (TPSA) is 9.23 Å². The molecule has 1 unspecified atom stereocenters. The highest BCUT2D eigenvalue weighted by atomic mass is 79.9. The molecule has 0 radical (unpaired) electrons. The third-order valence-electron chi connectivity index (χ3n) is 2.66. The van der Waals surface area contributed by atoms with Gasteiger partial charge in [-0.1, -0.05) is 46.3 Å². The first-order valence-electron chi connectivity index (χ1n) is 5.69. The fourth-order valence-corrected chi connectivity index (χ4v) is 2.05. The highest BCUT2D eigenvalue weighted by Crippen LogP contribution is 2.28. The van der Waals surface area contributed by atoms with Gasteiger partial charge in [0, 0.05) is 18.4 Å². The van der Waals surface area contributed by atoms with Crippen molar-refractivity contribution in [1.29, 1.82) is 0 Å². The number of ether oxygens (including phenoxy) is 1. The fraction of sp³-hybridized carbons (Fsp3) is 0.538. The molecule has 0 fully saturated rings. The lowest BCUT2D eigenvalue weighted by atomic mass is 9.98. The van der Waals surface area contributed by atoms with Gasteiger partial charge in [0.15, 0.2) is 0 Å². The quantitative estimate of drug-likeness (QED) is 0.546. The zero-order valence-electron chi connectivity index (χ0n) is 10.1. The maximum atomic E-state index is 12.0. The van der Waals surface area contributed by atoms with Crippen molar-refractivity contribution >= 4 is 15.9 Å². The van der Waals surface area contributed by atoms with Crippen LogP contribution in [0.5, 0.6) is 0 Å². The molecule has 0 amide bonds. The zero-order chi connectivity index (χ0) is 13.6. The Morgan fingerprint density at radius 3 is 2.28 bits per heavy atom. The summed E-state index contributed by atoms with van der Waals surface area (Å²) >= 11 is 3.35. The van der Waals surface area contributed by atoms with Crippen molar-refractivity contribution in [2.24, 2.45) is 0 Å². The summed E-state index contributed by atoms with van der Waals surface area (Å²) in [6.07, 6.45) is -4.93. The Balaban J connectivity index is 2.52. The molecule has 0 saturated carbocycles. The van der Waals surface area contributed by atoms with Crippen LogP contribution < -0.4 is 0 Å². The van der Waals surface area contributed by atoms with Gasteiger partial charge < -0.3 is 4.74 Å². The molecule has 0 heterocycles.